The molecular formula is C19H21NO3S. The zero-order valence-corrected chi connectivity index (χ0v) is 14.8. The van der Waals surface area contributed by atoms with Gasteiger partial charge in [0.1, 0.15) is 0 Å². The summed E-state index contributed by atoms with van der Waals surface area (Å²) in [6.07, 6.45) is 3.42. The number of fused-ring (bicyclic) bond motifs is 1. The van der Waals surface area contributed by atoms with Crippen LogP contribution >= 0.6 is 11.8 Å². The molecule has 1 aliphatic heterocycles. The van der Waals surface area contributed by atoms with Crippen molar-refractivity contribution < 1.29 is 14.3 Å². The third-order valence-electron chi connectivity index (χ3n) is 4.49. The number of aryl methyl sites for hydroxylation is 1. The molecule has 0 fully saturated rings. The van der Waals surface area contributed by atoms with Crippen molar-refractivity contribution in [3.63, 3.8) is 0 Å². The third kappa shape index (κ3) is 2.67. The highest BCUT2D eigenvalue weighted by molar-refractivity contribution is 7.99. The van der Waals surface area contributed by atoms with E-state index in [1.165, 1.54) is 7.11 Å². The Kier molecular flexibility index (Phi) is 4.81. The average molecular weight is 343 g/mol. The fourth-order valence-electron chi connectivity index (χ4n) is 3.31. The standard InChI is InChI=1S/C19H21NO3S/c1-3-12-24-15-7-4-6-14(13-15)17(21)19(18(22)23-2)9-11-20-10-5-8-16(19)20/h4-8,10,13H,3,9,11-12H2,1-2H3. The molecule has 3 rings (SSSR count). The SMILES string of the molecule is CCCSc1cccc(C(=O)C2(C(=O)OC)CCn3cccc32)c1. The highest BCUT2D eigenvalue weighted by Gasteiger charge is 2.53. The molecule has 0 saturated heterocycles. The van der Waals surface area contributed by atoms with Gasteiger partial charge in [-0.25, -0.2) is 0 Å². The number of ketones is 1. The van der Waals surface area contributed by atoms with Crippen molar-refractivity contribution >= 4 is 23.5 Å². The average Bonchev–Trinajstić information content (AvgIpc) is 3.22. The van der Waals surface area contributed by atoms with E-state index in [2.05, 4.69) is 6.92 Å². The molecule has 0 aliphatic carbocycles. The van der Waals surface area contributed by atoms with Crippen LogP contribution < -0.4 is 0 Å². The molecule has 0 spiro atoms. The Morgan fingerprint density at radius 2 is 2.12 bits per heavy atom. The van der Waals surface area contributed by atoms with Gasteiger partial charge in [-0.2, -0.15) is 0 Å². The van der Waals surface area contributed by atoms with Gasteiger partial charge in [-0.3, -0.25) is 9.59 Å². The largest absolute Gasteiger partial charge is 0.468 e. The van der Waals surface area contributed by atoms with E-state index in [4.69, 9.17) is 4.74 Å². The molecule has 4 nitrogen and oxygen atoms in total. The second-order valence-electron chi connectivity index (χ2n) is 5.94. The van der Waals surface area contributed by atoms with Crippen LogP contribution in [0.25, 0.3) is 0 Å². The summed E-state index contributed by atoms with van der Waals surface area (Å²) in [6.45, 7) is 2.77. The molecule has 2 aromatic rings. The van der Waals surface area contributed by atoms with Gasteiger partial charge in [-0.1, -0.05) is 19.1 Å². The number of aromatic nitrogens is 1. The summed E-state index contributed by atoms with van der Waals surface area (Å²) in [5, 5.41) is 0. The van der Waals surface area contributed by atoms with Crippen LogP contribution in [-0.2, 0) is 21.5 Å². The zero-order chi connectivity index (χ0) is 17.2. The van der Waals surface area contributed by atoms with E-state index in [0.29, 0.717) is 18.5 Å². The summed E-state index contributed by atoms with van der Waals surface area (Å²) in [4.78, 5) is 27.0. The Hall–Kier alpha value is -2.01. The fraction of sp³-hybridized carbons (Fsp3) is 0.368. The van der Waals surface area contributed by atoms with Crippen molar-refractivity contribution in [3.8, 4) is 0 Å². The van der Waals surface area contributed by atoms with Gasteiger partial charge in [0.05, 0.1) is 7.11 Å². The third-order valence-corrected chi connectivity index (χ3v) is 5.68. The summed E-state index contributed by atoms with van der Waals surface area (Å²) >= 11 is 1.72. The Morgan fingerprint density at radius 1 is 1.29 bits per heavy atom. The van der Waals surface area contributed by atoms with Crippen molar-refractivity contribution in [1.29, 1.82) is 0 Å². The van der Waals surface area contributed by atoms with Crippen molar-refractivity contribution in [2.24, 2.45) is 0 Å². The number of esters is 1. The molecular weight excluding hydrogens is 322 g/mol. The Bertz CT molecular complexity index is 767. The number of thioether (sulfide) groups is 1. The van der Waals surface area contributed by atoms with Gasteiger partial charge >= 0.3 is 5.97 Å². The van der Waals surface area contributed by atoms with E-state index < -0.39 is 11.4 Å². The molecule has 2 heterocycles. The number of nitrogens with zero attached hydrogens (tertiary/aromatic N) is 1. The molecule has 0 radical (unpaired) electrons. The molecule has 126 valence electrons. The summed E-state index contributed by atoms with van der Waals surface area (Å²) in [7, 11) is 1.34. The predicted octanol–water partition coefficient (Wildman–Crippen LogP) is 3.69. The van der Waals surface area contributed by atoms with Gasteiger partial charge in [0.2, 0.25) is 0 Å². The first-order chi connectivity index (χ1) is 11.6. The summed E-state index contributed by atoms with van der Waals surface area (Å²) < 4.78 is 6.99. The number of hydrogen-bond acceptors (Lipinski definition) is 4. The molecule has 1 atom stereocenters. The topological polar surface area (TPSA) is 48.3 Å². The molecule has 1 aromatic carbocycles. The van der Waals surface area contributed by atoms with Crippen LogP contribution in [0.15, 0.2) is 47.5 Å². The molecule has 1 unspecified atom stereocenters. The minimum atomic E-state index is -1.23. The van der Waals surface area contributed by atoms with E-state index in [-0.39, 0.29) is 5.78 Å². The van der Waals surface area contributed by atoms with Crippen molar-refractivity contribution in [2.45, 2.75) is 36.6 Å². The lowest BCUT2D eigenvalue weighted by atomic mass is 9.76. The molecule has 24 heavy (non-hydrogen) atoms. The van der Waals surface area contributed by atoms with Crippen molar-refractivity contribution in [1.82, 2.24) is 4.57 Å². The predicted molar refractivity (Wildman–Crippen MR) is 94.5 cm³/mol. The molecule has 0 bridgehead atoms. The van der Waals surface area contributed by atoms with Crippen molar-refractivity contribution in [2.75, 3.05) is 12.9 Å². The quantitative estimate of drug-likeness (QED) is 0.347. The van der Waals surface area contributed by atoms with Crippen LogP contribution in [0.5, 0.6) is 0 Å². The van der Waals surface area contributed by atoms with Crippen LogP contribution in [0.4, 0.5) is 0 Å². The van der Waals surface area contributed by atoms with Crippen LogP contribution in [-0.4, -0.2) is 29.2 Å². The summed E-state index contributed by atoms with van der Waals surface area (Å²) in [5.74, 6) is 0.352. The molecule has 0 amide bonds. The van der Waals surface area contributed by atoms with Gasteiger partial charge < -0.3 is 9.30 Å². The van der Waals surface area contributed by atoms with Crippen LogP contribution in [0.3, 0.4) is 0 Å². The van der Waals surface area contributed by atoms with Crippen molar-refractivity contribution in [3.05, 3.63) is 53.9 Å². The first-order valence-corrected chi connectivity index (χ1v) is 9.13. The van der Waals surface area contributed by atoms with Crippen LogP contribution in [0.2, 0.25) is 0 Å². The molecule has 1 aliphatic rings. The molecule has 5 heteroatoms. The molecule has 1 aromatic heterocycles. The van der Waals surface area contributed by atoms with Gasteiger partial charge in [-0.15, -0.1) is 11.8 Å². The molecule has 0 N–H and O–H groups in total. The first kappa shape index (κ1) is 16.8. The summed E-state index contributed by atoms with van der Waals surface area (Å²) in [6, 6.07) is 11.3. The number of rotatable bonds is 6. The number of methoxy groups -OCH3 is 1. The van der Waals surface area contributed by atoms with E-state index >= 15 is 0 Å². The number of benzene rings is 1. The van der Waals surface area contributed by atoms with Gasteiger partial charge in [0.25, 0.3) is 0 Å². The molecule has 0 saturated carbocycles. The number of carbonyl (C=O) groups is 2. The van der Waals surface area contributed by atoms with Gasteiger partial charge in [0, 0.05) is 28.9 Å². The second kappa shape index (κ2) is 6.85. The minimum Gasteiger partial charge on any atom is -0.468 e. The minimum absolute atomic E-state index is 0.175. The normalized spacial score (nSPS) is 19.1. The number of carbonyl (C=O) groups excluding carboxylic acids is 2. The first-order valence-electron chi connectivity index (χ1n) is 8.15. The Morgan fingerprint density at radius 3 is 2.88 bits per heavy atom. The van der Waals surface area contributed by atoms with E-state index in [0.717, 1.165) is 22.8 Å². The maximum atomic E-state index is 13.3. The van der Waals surface area contributed by atoms with Gasteiger partial charge in [0.15, 0.2) is 11.2 Å². The van der Waals surface area contributed by atoms with Crippen LogP contribution in [0, 0.1) is 0 Å². The maximum absolute atomic E-state index is 13.3. The lowest BCUT2D eigenvalue weighted by Crippen LogP contribution is -2.43. The Balaban J connectivity index is 2.01. The smallest absolute Gasteiger partial charge is 0.325 e. The van der Waals surface area contributed by atoms with Crippen LogP contribution in [0.1, 0.15) is 35.8 Å². The number of ether oxygens (including phenoxy) is 1. The lowest BCUT2D eigenvalue weighted by molar-refractivity contribution is -0.145. The van der Waals surface area contributed by atoms with E-state index in [9.17, 15) is 9.59 Å². The number of Topliss-reactive ketones (excluding diaryl/α,β-unsaturated/α-hetero) is 1. The highest BCUT2D eigenvalue weighted by Crippen LogP contribution is 2.39. The number of hydrogen-bond donors (Lipinski definition) is 0. The van der Waals surface area contributed by atoms with E-state index in [1.807, 2.05) is 41.1 Å². The second-order valence-corrected chi connectivity index (χ2v) is 7.11. The zero-order valence-electron chi connectivity index (χ0n) is 14.0. The highest BCUT2D eigenvalue weighted by atomic mass is 32.2. The maximum Gasteiger partial charge on any atom is 0.325 e. The fourth-order valence-corrected chi connectivity index (χ4v) is 4.13. The monoisotopic (exact) mass is 343 g/mol. The van der Waals surface area contributed by atoms with Gasteiger partial charge in [-0.05, 0) is 42.9 Å². The Labute approximate surface area is 146 Å². The lowest BCUT2D eigenvalue weighted by Gasteiger charge is -2.24. The van der Waals surface area contributed by atoms with E-state index in [1.54, 1.807) is 17.8 Å². The summed E-state index contributed by atoms with van der Waals surface area (Å²) in [5.41, 5.74) is 0.0638.